The second-order valence-electron chi connectivity index (χ2n) is 6.66. The normalized spacial score (nSPS) is 20.4. The number of piperidine rings is 1. The van der Waals surface area contributed by atoms with Gasteiger partial charge in [0.05, 0.1) is 25.4 Å². The molecule has 1 N–H and O–H groups in total. The molecule has 2 aromatic rings. The van der Waals surface area contributed by atoms with Gasteiger partial charge in [0.2, 0.25) is 0 Å². The van der Waals surface area contributed by atoms with Gasteiger partial charge < -0.3 is 9.64 Å². The lowest BCUT2D eigenvalue weighted by molar-refractivity contribution is -0.930. The van der Waals surface area contributed by atoms with E-state index in [-0.39, 0.29) is 11.9 Å². The summed E-state index contributed by atoms with van der Waals surface area (Å²) in [5.41, 5.74) is 2.31. The number of para-hydroxylation sites is 1. The third-order valence-corrected chi connectivity index (χ3v) is 5.29. The Hall–Kier alpha value is -1.92. The summed E-state index contributed by atoms with van der Waals surface area (Å²) < 4.78 is 10.1. The minimum absolute atomic E-state index is 0.0105. The number of hydrogen-bond acceptors (Lipinski definition) is 3. The number of benzene rings is 1. The molecule has 1 aromatic carbocycles. The van der Waals surface area contributed by atoms with Crippen molar-refractivity contribution in [2.75, 3.05) is 19.7 Å². The summed E-state index contributed by atoms with van der Waals surface area (Å²) in [6, 6.07) is 8.24. The Balaban J connectivity index is 1.73. The molecule has 5 nitrogen and oxygen atoms in total. The molecule has 1 unspecified atom stereocenters. The second-order valence-corrected chi connectivity index (χ2v) is 7.03. The van der Waals surface area contributed by atoms with Crippen molar-refractivity contribution in [2.24, 2.45) is 5.92 Å². The summed E-state index contributed by atoms with van der Waals surface area (Å²) in [6.45, 7) is 7.07. The molecule has 0 spiro atoms. The Morgan fingerprint density at radius 2 is 2.16 bits per heavy atom. The van der Waals surface area contributed by atoms with E-state index in [9.17, 15) is 4.79 Å². The van der Waals surface area contributed by atoms with E-state index in [1.54, 1.807) is 0 Å². The number of carbonyl (C=O) groups excluding carboxylic acids is 1. The highest BCUT2D eigenvalue weighted by molar-refractivity contribution is 7.71. The van der Waals surface area contributed by atoms with Gasteiger partial charge in [-0.05, 0) is 50.5 Å². The number of esters is 1. The SMILES string of the molecule is CCOC(=O)[C@H]1CCC[NH+](Cn2ccn(-c3ccccc3C)c2=S)C1. The molecule has 3 rings (SSSR count). The topological polar surface area (TPSA) is 40.6 Å². The van der Waals surface area contributed by atoms with E-state index < -0.39 is 0 Å². The molecule has 0 saturated carbocycles. The van der Waals surface area contributed by atoms with Crippen molar-refractivity contribution in [3.63, 3.8) is 0 Å². The van der Waals surface area contributed by atoms with Crippen molar-refractivity contribution in [2.45, 2.75) is 33.4 Å². The van der Waals surface area contributed by atoms with Gasteiger partial charge in [0.1, 0.15) is 5.92 Å². The molecule has 0 radical (unpaired) electrons. The number of aromatic nitrogens is 2. The molecule has 1 aromatic heterocycles. The van der Waals surface area contributed by atoms with Crippen molar-refractivity contribution in [3.05, 3.63) is 47.0 Å². The first kappa shape index (κ1) is 17.9. The molecular formula is C19H26N3O2S+. The van der Waals surface area contributed by atoms with Gasteiger partial charge in [-0.15, -0.1) is 0 Å². The van der Waals surface area contributed by atoms with Gasteiger partial charge in [-0.3, -0.25) is 13.9 Å². The Morgan fingerprint density at radius 3 is 2.92 bits per heavy atom. The quantitative estimate of drug-likeness (QED) is 0.656. The van der Waals surface area contributed by atoms with Crippen molar-refractivity contribution < 1.29 is 14.4 Å². The van der Waals surface area contributed by atoms with Gasteiger partial charge in [-0.1, -0.05) is 18.2 Å². The number of aryl methyl sites for hydroxylation is 1. The van der Waals surface area contributed by atoms with Crippen LogP contribution in [0.2, 0.25) is 0 Å². The molecule has 1 saturated heterocycles. The van der Waals surface area contributed by atoms with Gasteiger partial charge >= 0.3 is 5.97 Å². The maximum absolute atomic E-state index is 12.0. The zero-order chi connectivity index (χ0) is 17.8. The Morgan fingerprint density at radius 1 is 1.36 bits per heavy atom. The molecule has 1 aliphatic heterocycles. The van der Waals surface area contributed by atoms with E-state index in [2.05, 4.69) is 28.2 Å². The minimum atomic E-state index is -0.0548. The van der Waals surface area contributed by atoms with Gasteiger partial charge in [-0.25, -0.2) is 0 Å². The van der Waals surface area contributed by atoms with Crippen LogP contribution in [0, 0.1) is 17.6 Å². The Bertz CT molecular complexity index is 796. The highest BCUT2D eigenvalue weighted by atomic mass is 32.1. The van der Waals surface area contributed by atoms with Crippen molar-refractivity contribution in [1.82, 2.24) is 9.13 Å². The highest BCUT2D eigenvalue weighted by Gasteiger charge is 2.29. The van der Waals surface area contributed by atoms with Crippen LogP contribution in [0.4, 0.5) is 0 Å². The zero-order valence-corrected chi connectivity index (χ0v) is 15.7. The van der Waals surface area contributed by atoms with Gasteiger partial charge in [-0.2, -0.15) is 0 Å². The van der Waals surface area contributed by atoms with Gasteiger partial charge in [0.15, 0.2) is 11.4 Å². The third-order valence-electron chi connectivity index (χ3n) is 4.85. The minimum Gasteiger partial charge on any atom is -0.466 e. The molecule has 25 heavy (non-hydrogen) atoms. The fourth-order valence-electron chi connectivity index (χ4n) is 3.55. The van der Waals surface area contributed by atoms with Gasteiger partial charge in [0, 0.05) is 12.4 Å². The number of nitrogens with zero attached hydrogens (tertiary/aromatic N) is 2. The molecule has 0 amide bonds. The first-order valence-corrected chi connectivity index (χ1v) is 9.35. The lowest BCUT2D eigenvalue weighted by atomic mass is 9.99. The van der Waals surface area contributed by atoms with Gasteiger partial charge in [0.25, 0.3) is 0 Å². The summed E-state index contributed by atoms with van der Waals surface area (Å²) in [5, 5.41) is 0. The number of likely N-dealkylation sites (tertiary alicyclic amines) is 1. The highest BCUT2D eigenvalue weighted by Crippen LogP contribution is 2.14. The zero-order valence-electron chi connectivity index (χ0n) is 14.9. The molecule has 0 bridgehead atoms. The van der Waals surface area contributed by atoms with Crippen molar-refractivity contribution >= 4 is 18.2 Å². The Labute approximate surface area is 153 Å². The van der Waals surface area contributed by atoms with E-state index in [1.807, 2.05) is 31.5 Å². The van der Waals surface area contributed by atoms with E-state index in [0.717, 1.165) is 43.1 Å². The standard InChI is InChI=1S/C19H25N3O2S/c1-3-24-18(23)16-8-6-10-20(13-16)14-21-11-12-22(19(21)25)17-9-5-4-7-15(17)2/h4-5,7,9,11-12,16H,3,6,8,10,13-14H2,1-2H3/p+1/t16-/m0/s1. The summed E-state index contributed by atoms with van der Waals surface area (Å²) in [7, 11) is 0. The molecule has 2 heterocycles. The first-order chi connectivity index (χ1) is 12.1. The van der Waals surface area contributed by atoms with Crippen LogP contribution >= 0.6 is 12.2 Å². The second kappa shape index (κ2) is 7.97. The fraction of sp³-hybridized carbons (Fsp3) is 0.474. The summed E-state index contributed by atoms with van der Waals surface area (Å²) in [5.74, 6) is -0.0443. The molecular weight excluding hydrogens is 334 g/mol. The number of ether oxygens (including phenoxy) is 1. The van der Waals surface area contributed by atoms with Crippen molar-refractivity contribution in [1.29, 1.82) is 0 Å². The van der Waals surface area contributed by atoms with E-state index in [4.69, 9.17) is 17.0 Å². The number of nitrogens with one attached hydrogen (secondary N) is 1. The van der Waals surface area contributed by atoms with E-state index in [0.29, 0.717) is 6.61 Å². The van der Waals surface area contributed by atoms with Crippen LogP contribution in [0.3, 0.4) is 0 Å². The number of rotatable bonds is 5. The monoisotopic (exact) mass is 360 g/mol. The lowest BCUT2D eigenvalue weighted by Gasteiger charge is -2.28. The average molecular weight is 361 g/mol. The predicted octanol–water partition coefficient (Wildman–Crippen LogP) is 2.13. The van der Waals surface area contributed by atoms with Crippen LogP contribution in [0.25, 0.3) is 5.69 Å². The van der Waals surface area contributed by atoms with Crippen LogP contribution in [0.5, 0.6) is 0 Å². The number of imidazole rings is 1. The van der Waals surface area contributed by atoms with Crippen LogP contribution in [0.15, 0.2) is 36.7 Å². The molecule has 1 fully saturated rings. The molecule has 2 atom stereocenters. The Kier molecular flexibility index (Phi) is 5.71. The number of quaternary nitrogens is 1. The molecule has 6 heteroatoms. The van der Waals surface area contributed by atoms with Crippen LogP contribution in [-0.4, -0.2) is 34.8 Å². The molecule has 0 aliphatic carbocycles. The largest absolute Gasteiger partial charge is 0.466 e. The van der Waals surface area contributed by atoms with E-state index in [1.165, 1.54) is 10.5 Å². The summed E-state index contributed by atoms with van der Waals surface area (Å²) in [6.07, 6.45) is 6.04. The van der Waals surface area contributed by atoms with Crippen LogP contribution < -0.4 is 4.90 Å². The smallest absolute Gasteiger partial charge is 0.314 e. The average Bonchev–Trinajstić information content (AvgIpc) is 2.96. The predicted molar refractivity (Wildman–Crippen MR) is 99.4 cm³/mol. The maximum atomic E-state index is 12.0. The third kappa shape index (κ3) is 4.02. The fourth-order valence-corrected chi connectivity index (χ4v) is 3.83. The first-order valence-electron chi connectivity index (χ1n) is 8.94. The summed E-state index contributed by atoms with van der Waals surface area (Å²) in [4.78, 5) is 13.4. The number of carbonyl (C=O) groups is 1. The van der Waals surface area contributed by atoms with Crippen molar-refractivity contribution in [3.8, 4) is 5.69 Å². The lowest BCUT2D eigenvalue weighted by Crippen LogP contribution is -3.13. The molecule has 134 valence electrons. The van der Waals surface area contributed by atoms with E-state index >= 15 is 0 Å². The van der Waals surface area contributed by atoms with Crippen LogP contribution in [-0.2, 0) is 16.2 Å². The maximum Gasteiger partial charge on any atom is 0.314 e. The van der Waals surface area contributed by atoms with Crippen LogP contribution in [0.1, 0.15) is 25.3 Å². The summed E-state index contributed by atoms with van der Waals surface area (Å²) >= 11 is 5.68. The molecule has 1 aliphatic rings. The number of hydrogen-bond donors (Lipinski definition) is 1.